The molecule has 5 nitrogen and oxygen atoms in total. The van der Waals surface area contributed by atoms with Gasteiger partial charge in [0.2, 0.25) is 5.88 Å². The smallest absolute Gasteiger partial charge is 0.216 e. The van der Waals surface area contributed by atoms with Gasteiger partial charge in [0.05, 0.1) is 12.3 Å². The lowest BCUT2D eigenvalue weighted by molar-refractivity contribution is 0.326. The quantitative estimate of drug-likeness (QED) is 0.788. The molecule has 0 saturated heterocycles. The van der Waals surface area contributed by atoms with Crippen molar-refractivity contribution in [3.05, 3.63) is 48.8 Å². The van der Waals surface area contributed by atoms with Gasteiger partial charge >= 0.3 is 0 Å². The van der Waals surface area contributed by atoms with Gasteiger partial charge < -0.3 is 4.74 Å². The van der Waals surface area contributed by atoms with Crippen LogP contribution in [-0.2, 0) is 0 Å². The maximum absolute atomic E-state index is 5.39. The summed E-state index contributed by atoms with van der Waals surface area (Å²) in [5.74, 6) is 1.25. The first-order chi connectivity index (χ1) is 9.86. The number of aromatic nitrogens is 4. The molecule has 1 aromatic carbocycles. The minimum absolute atomic E-state index is 0.592. The fourth-order valence-corrected chi connectivity index (χ4v) is 1.93. The third-order valence-electron chi connectivity index (χ3n) is 2.88. The zero-order valence-electron chi connectivity index (χ0n) is 11.1. The highest BCUT2D eigenvalue weighted by atomic mass is 16.5. The van der Waals surface area contributed by atoms with Crippen LogP contribution in [0.15, 0.2) is 48.8 Å². The van der Waals surface area contributed by atoms with E-state index in [0.717, 1.165) is 16.8 Å². The first kappa shape index (κ1) is 12.3. The zero-order chi connectivity index (χ0) is 13.8. The Balaban J connectivity index is 1.89. The molecule has 0 saturated carbocycles. The number of benzene rings is 1. The van der Waals surface area contributed by atoms with Crippen LogP contribution in [0.3, 0.4) is 0 Å². The van der Waals surface area contributed by atoms with Gasteiger partial charge in [0.1, 0.15) is 0 Å². The molecule has 5 heteroatoms. The molecule has 0 amide bonds. The Bertz CT molecular complexity index is 677. The first-order valence-electron chi connectivity index (χ1n) is 6.43. The number of nitrogens with one attached hydrogen (secondary N) is 1. The van der Waals surface area contributed by atoms with E-state index in [0.29, 0.717) is 18.3 Å². The van der Waals surface area contributed by atoms with E-state index in [1.807, 2.05) is 37.3 Å². The Morgan fingerprint density at radius 3 is 2.50 bits per heavy atom. The van der Waals surface area contributed by atoms with E-state index in [2.05, 4.69) is 20.2 Å². The van der Waals surface area contributed by atoms with Gasteiger partial charge in [-0.2, -0.15) is 10.1 Å². The summed E-state index contributed by atoms with van der Waals surface area (Å²) in [6.07, 6.45) is 3.44. The molecule has 0 aliphatic carbocycles. The van der Waals surface area contributed by atoms with Crippen molar-refractivity contribution in [2.45, 2.75) is 6.92 Å². The normalized spacial score (nSPS) is 10.4. The molecule has 0 spiro atoms. The molecule has 20 heavy (non-hydrogen) atoms. The Morgan fingerprint density at radius 2 is 1.80 bits per heavy atom. The third-order valence-corrected chi connectivity index (χ3v) is 2.88. The molecule has 0 fully saturated rings. The highest BCUT2D eigenvalue weighted by Crippen LogP contribution is 2.22. The summed E-state index contributed by atoms with van der Waals surface area (Å²) >= 11 is 0. The van der Waals surface area contributed by atoms with Gasteiger partial charge in [0.15, 0.2) is 5.82 Å². The number of nitrogens with zero attached hydrogens (tertiary/aromatic N) is 3. The predicted octanol–water partition coefficient (Wildman–Crippen LogP) is 2.93. The number of hydrogen-bond donors (Lipinski definition) is 1. The van der Waals surface area contributed by atoms with Crippen molar-refractivity contribution in [3.8, 4) is 28.5 Å². The van der Waals surface area contributed by atoms with Crippen molar-refractivity contribution in [2.75, 3.05) is 6.61 Å². The van der Waals surface area contributed by atoms with Crippen LogP contribution in [0.2, 0.25) is 0 Å². The highest BCUT2D eigenvalue weighted by molar-refractivity contribution is 5.64. The summed E-state index contributed by atoms with van der Waals surface area (Å²) < 4.78 is 5.39. The van der Waals surface area contributed by atoms with Crippen molar-refractivity contribution >= 4 is 0 Å². The molecule has 0 bridgehead atoms. The second kappa shape index (κ2) is 5.52. The zero-order valence-corrected chi connectivity index (χ0v) is 11.1. The summed E-state index contributed by atoms with van der Waals surface area (Å²) in [6, 6.07) is 11.7. The Hall–Kier alpha value is -2.69. The average molecular weight is 266 g/mol. The molecule has 100 valence electrons. The lowest BCUT2D eigenvalue weighted by Crippen LogP contribution is -1.96. The summed E-state index contributed by atoms with van der Waals surface area (Å²) in [5, 5.41) is 6.88. The van der Waals surface area contributed by atoms with E-state index in [4.69, 9.17) is 4.74 Å². The Morgan fingerprint density at radius 1 is 1.00 bits per heavy atom. The number of hydrogen-bond acceptors (Lipinski definition) is 4. The lowest BCUT2D eigenvalue weighted by atomic mass is 10.1. The van der Waals surface area contributed by atoms with Crippen LogP contribution < -0.4 is 4.74 Å². The fourth-order valence-electron chi connectivity index (χ4n) is 1.93. The van der Waals surface area contributed by atoms with Crippen LogP contribution in [0.25, 0.3) is 22.6 Å². The SMILES string of the molecule is CCOc1ccnc(-c2ccc(-c3ccn[nH]3)cc2)n1. The third kappa shape index (κ3) is 2.51. The van der Waals surface area contributed by atoms with Gasteiger partial charge in [0, 0.05) is 24.0 Å². The van der Waals surface area contributed by atoms with Crippen LogP contribution >= 0.6 is 0 Å². The minimum Gasteiger partial charge on any atom is -0.478 e. The largest absolute Gasteiger partial charge is 0.478 e. The van der Waals surface area contributed by atoms with Crippen molar-refractivity contribution in [1.29, 1.82) is 0 Å². The molecule has 0 unspecified atom stereocenters. The second-order valence-corrected chi connectivity index (χ2v) is 4.20. The number of H-pyrrole nitrogens is 1. The molecule has 0 atom stereocenters. The molecule has 3 aromatic rings. The second-order valence-electron chi connectivity index (χ2n) is 4.20. The van der Waals surface area contributed by atoms with Gasteiger partial charge in [-0.25, -0.2) is 4.98 Å². The van der Waals surface area contributed by atoms with Gasteiger partial charge in [-0.3, -0.25) is 5.10 Å². The van der Waals surface area contributed by atoms with E-state index in [9.17, 15) is 0 Å². The summed E-state index contributed by atoms with van der Waals surface area (Å²) in [5.41, 5.74) is 3.02. The van der Waals surface area contributed by atoms with Crippen molar-refractivity contribution < 1.29 is 4.74 Å². The molecular formula is C15H14N4O. The molecule has 3 rings (SSSR count). The van der Waals surface area contributed by atoms with Crippen LogP contribution in [0, 0.1) is 0 Å². The molecule has 2 heterocycles. The molecule has 2 aromatic heterocycles. The summed E-state index contributed by atoms with van der Waals surface area (Å²) in [6.45, 7) is 2.52. The molecule has 0 aliphatic rings. The lowest BCUT2D eigenvalue weighted by Gasteiger charge is -2.05. The van der Waals surface area contributed by atoms with E-state index in [1.165, 1.54) is 0 Å². The number of rotatable bonds is 4. The summed E-state index contributed by atoms with van der Waals surface area (Å²) in [4.78, 5) is 8.64. The van der Waals surface area contributed by atoms with Gasteiger partial charge in [-0.05, 0) is 18.6 Å². The topological polar surface area (TPSA) is 63.7 Å². The molecular weight excluding hydrogens is 252 g/mol. The van der Waals surface area contributed by atoms with E-state index in [1.54, 1.807) is 18.5 Å². The van der Waals surface area contributed by atoms with E-state index in [-0.39, 0.29) is 0 Å². The standard InChI is InChI=1S/C15H14N4O/c1-2-20-14-8-9-16-15(18-14)12-5-3-11(4-6-12)13-7-10-17-19-13/h3-10H,2H2,1H3,(H,17,19). The van der Waals surface area contributed by atoms with Gasteiger partial charge in [-0.15, -0.1) is 0 Å². The Labute approximate surface area is 116 Å². The van der Waals surface area contributed by atoms with E-state index >= 15 is 0 Å². The fraction of sp³-hybridized carbons (Fsp3) is 0.133. The van der Waals surface area contributed by atoms with Crippen LogP contribution in [0.1, 0.15) is 6.92 Å². The summed E-state index contributed by atoms with van der Waals surface area (Å²) in [7, 11) is 0. The van der Waals surface area contributed by atoms with Crippen molar-refractivity contribution in [3.63, 3.8) is 0 Å². The van der Waals surface area contributed by atoms with Gasteiger partial charge in [-0.1, -0.05) is 24.3 Å². The van der Waals surface area contributed by atoms with Crippen LogP contribution in [0.4, 0.5) is 0 Å². The number of aromatic amines is 1. The van der Waals surface area contributed by atoms with E-state index < -0.39 is 0 Å². The van der Waals surface area contributed by atoms with Crippen LogP contribution in [0.5, 0.6) is 5.88 Å². The van der Waals surface area contributed by atoms with Gasteiger partial charge in [0.25, 0.3) is 0 Å². The Kier molecular flexibility index (Phi) is 3.41. The molecule has 1 N–H and O–H groups in total. The number of ether oxygens (including phenoxy) is 1. The highest BCUT2D eigenvalue weighted by Gasteiger charge is 2.04. The van der Waals surface area contributed by atoms with Crippen LogP contribution in [-0.4, -0.2) is 26.8 Å². The average Bonchev–Trinajstić information content (AvgIpc) is 3.02. The maximum atomic E-state index is 5.39. The monoisotopic (exact) mass is 266 g/mol. The molecule has 0 aliphatic heterocycles. The first-order valence-corrected chi connectivity index (χ1v) is 6.43. The van der Waals surface area contributed by atoms with Crippen molar-refractivity contribution in [1.82, 2.24) is 20.2 Å². The molecule has 0 radical (unpaired) electrons. The minimum atomic E-state index is 0.592. The predicted molar refractivity (Wildman–Crippen MR) is 76.2 cm³/mol. The van der Waals surface area contributed by atoms with Crippen molar-refractivity contribution in [2.24, 2.45) is 0 Å². The maximum Gasteiger partial charge on any atom is 0.216 e.